The van der Waals surface area contributed by atoms with E-state index in [0.29, 0.717) is 13.1 Å². The maximum absolute atomic E-state index is 11.8. The maximum atomic E-state index is 11.8. The number of piperazine rings is 1. The Kier molecular flexibility index (Phi) is 4.33. The van der Waals surface area contributed by atoms with E-state index < -0.39 is 0 Å². The first-order valence-electron chi connectivity index (χ1n) is 5.67. The van der Waals surface area contributed by atoms with Crippen LogP contribution < -0.4 is 16.0 Å². The first kappa shape index (κ1) is 13.0. The summed E-state index contributed by atoms with van der Waals surface area (Å²) in [6.07, 6.45) is 0. The Morgan fingerprint density at radius 3 is 3.00 bits per heavy atom. The average Bonchev–Trinajstić information content (AvgIpc) is 2.37. The van der Waals surface area contributed by atoms with Crippen LogP contribution in [0.4, 0.5) is 0 Å². The Labute approximate surface area is 113 Å². The van der Waals surface area contributed by atoms with Crippen LogP contribution in [0.15, 0.2) is 28.7 Å². The van der Waals surface area contributed by atoms with E-state index in [-0.39, 0.29) is 24.4 Å². The lowest BCUT2D eigenvalue weighted by Crippen LogP contribution is -2.57. The molecular formula is C12H14BrN3O2. The number of amides is 2. The van der Waals surface area contributed by atoms with Gasteiger partial charge < -0.3 is 10.6 Å². The highest BCUT2D eigenvalue weighted by molar-refractivity contribution is 9.10. The molecule has 1 aromatic rings. The number of nitrogens with one attached hydrogen (secondary N) is 3. The van der Waals surface area contributed by atoms with E-state index in [0.717, 1.165) is 10.0 Å². The van der Waals surface area contributed by atoms with Gasteiger partial charge in [0, 0.05) is 17.6 Å². The summed E-state index contributed by atoms with van der Waals surface area (Å²) in [4.78, 5) is 22.8. The minimum absolute atomic E-state index is 0.0777. The van der Waals surface area contributed by atoms with Crippen molar-refractivity contribution in [1.82, 2.24) is 16.0 Å². The van der Waals surface area contributed by atoms with Crippen LogP contribution in [0.1, 0.15) is 5.56 Å². The molecule has 0 bridgehead atoms. The van der Waals surface area contributed by atoms with Crippen LogP contribution in [0.5, 0.6) is 0 Å². The van der Waals surface area contributed by atoms with Gasteiger partial charge >= 0.3 is 0 Å². The van der Waals surface area contributed by atoms with Gasteiger partial charge in [0.15, 0.2) is 0 Å². The van der Waals surface area contributed by atoms with Crippen molar-refractivity contribution < 1.29 is 9.59 Å². The molecule has 18 heavy (non-hydrogen) atoms. The highest BCUT2D eigenvalue weighted by Gasteiger charge is 2.23. The molecule has 1 fully saturated rings. The molecule has 1 heterocycles. The number of benzene rings is 1. The second-order valence-corrected chi connectivity index (χ2v) is 5.00. The number of carbonyl (C=O) groups excluding carboxylic acids is 2. The Balaban J connectivity index is 1.83. The van der Waals surface area contributed by atoms with Crippen molar-refractivity contribution >= 4 is 27.7 Å². The molecule has 2 amide bonds. The van der Waals surface area contributed by atoms with Crippen LogP contribution >= 0.6 is 15.9 Å². The molecule has 1 atom stereocenters. The molecule has 0 aromatic heterocycles. The number of carbonyl (C=O) groups is 2. The van der Waals surface area contributed by atoms with Gasteiger partial charge in [-0.25, -0.2) is 0 Å². The average molecular weight is 312 g/mol. The quantitative estimate of drug-likeness (QED) is 0.744. The van der Waals surface area contributed by atoms with E-state index >= 15 is 0 Å². The van der Waals surface area contributed by atoms with E-state index in [1.54, 1.807) is 0 Å². The fourth-order valence-electron chi connectivity index (χ4n) is 1.71. The first-order chi connectivity index (χ1) is 8.65. The molecule has 1 aliphatic heterocycles. The summed E-state index contributed by atoms with van der Waals surface area (Å²) in [6.45, 7) is 1.00. The lowest BCUT2D eigenvalue weighted by atomic mass is 10.2. The smallest absolute Gasteiger partial charge is 0.239 e. The third-order valence-electron chi connectivity index (χ3n) is 2.68. The summed E-state index contributed by atoms with van der Waals surface area (Å²) in [6, 6.07) is 7.40. The Hall–Kier alpha value is -1.40. The molecule has 0 saturated carbocycles. The van der Waals surface area contributed by atoms with E-state index in [9.17, 15) is 9.59 Å². The molecule has 6 heteroatoms. The number of hydrogen-bond acceptors (Lipinski definition) is 3. The van der Waals surface area contributed by atoms with Gasteiger partial charge in [0.25, 0.3) is 0 Å². The molecule has 5 nitrogen and oxygen atoms in total. The van der Waals surface area contributed by atoms with Crippen molar-refractivity contribution in [3.8, 4) is 0 Å². The van der Waals surface area contributed by atoms with Gasteiger partial charge in [-0.05, 0) is 17.7 Å². The van der Waals surface area contributed by atoms with E-state index in [4.69, 9.17) is 0 Å². The number of hydrogen-bond donors (Lipinski definition) is 3. The molecule has 1 aromatic carbocycles. The zero-order valence-electron chi connectivity index (χ0n) is 9.70. The molecule has 0 spiro atoms. The molecule has 2 rings (SSSR count). The van der Waals surface area contributed by atoms with Crippen molar-refractivity contribution in [3.63, 3.8) is 0 Å². The molecule has 96 valence electrons. The monoisotopic (exact) mass is 311 g/mol. The van der Waals surface area contributed by atoms with E-state index in [1.807, 2.05) is 24.3 Å². The normalized spacial score (nSPS) is 19.2. The van der Waals surface area contributed by atoms with Gasteiger partial charge in [0.05, 0.1) is 6.54 Å². The topological polar surface area (TPSA) is 70.2 Å². The van der Waals surface area contributed by atoms with Gasteiger partial charge in [-0.15, -0.1) is 0 Å². The third-order valence-corrected chi connectivity index (χ3v) is 3.18. The van der Waals surface area contributed by atoms with E-state index in [2.05, 4.69) is 31.9 Å². The van der Waals surface area contributed by atoms with Crippen molar-refractivity contribution in [2.24, 2.45) is 0 Å². The third kappa shape index (κ3) is 3.54. The molecule has 0 radical (unpaired) electrons. The predicted octanol–water partition coefficient (Wildman–Crippen LogP) is 0.153. The summed E-state index contributed by atoms with van der Waals surface area (Å²) in [5.74, 6) is -0.180. The molecule has 1 aliphatic rings. The zero-order chi connectivity index (χ0) is 13.0. The van der Waals surface area contributed by atoms with Gasteiger partial charge in [-0.1, -0.05) is 28.1 Å². The van der Waals surface area contributed by atoms with Crippen molar-refractivity contribution in [2.45, 2.75) is 12.6 Å². The standard InChI is InChI=1S/C12H14BrN3O2/c13-9-3-1-2-8(4-9)5-16-12(18)10-6-15-11(17)7-14-10/h1-4,10,14H,5-7H2,(H,15,17)(H,16,18). The summed E-state index contributed by atoms with van der Waals surface area (Å²) < 4.78 is 0.984. The van der Waals surface area contributed by atoms with Crippen molar-refractivity contribution in [3.05, 3.63) is 34.3 Å². The fourth-order valence-corrected chi connectivity index (χ4v) is 2.16. The lowest BCUT2D eigenvalue weighted by Gasteiger charge is -2.23. The number of halogens is 1. The van der Waals surface area contributed by atoms with Crippen molar-refractivity contribution in [1.29, 1.82) is 0 Å². The van der Waals surface area contributed by atoms with Crippen molar-refractivity contribution in [2.75, 3.05) is 13.1 Å². The van der Waals surface area contributed by atoms with Gasteiger partial charge in [0.2, 0.25) is 11.8 Å². The highest BCUT2D eigenvalue weighted by atomic mass is 79.9. The second-order valence-electron chi connectivity index (χ2n) is 4.09. The minimum Gasteiger partial charge on any atom is -0.353 e. The zero-order valence-corrected chi connectivity index (χ0v) is 11.3. The predicted molar refractivity (Wildman–Crippen MR) is 70.8 cm³/mol. The summed E-state index contributed by atoms with van der Waals surface area (Å²) in [5, 5.41) is 8.37. The molecule has 1 saturated heterocycles. The Morgan fingerprint density at radius 2 is 2.33 bits per heavy atom. The largest absolute Gasteiger partial charge is 0.353 e. The molecular weight excluding hydrogens is 298 g/mol. The SMILES string of the molecule is O=C1CNC(C(=O)NCc2cccc(Br)c2)CN1. The first-order valence-corrected chi connectivity index (χ1v) is 6.46. The summed E-state index contributed by atoms with van der Waals surface area (Å²) in [5.41, 5.74) is 1.03. The van der Waals surface area contributed by atoms with Gasteiger partial charge in [-0.2, -0.15) is 0 Å². The van der Waals surface area contributed by atoms with Gasteiger partial charge in [0.1, 0.15) is 6.04 Å². The van der Waals surface area contributed by atoms with Crippen LogP contribution in [0.3, 0.4) is 0 Å². The minimum atomic E-state index is -0.352. The van der Waals surface area contributed by atoms with Crippen LogP contribution in [-0.4, -0.2) is 30.9 Å². The molecule has 1 unspecified atom stereocenters. The molecule has 3 N–H and O–H groups in total. The van der Waals surface area contributed by atoms with Crippen LogP contribution in [0, 0.1) is 0 Å². The fraction of sp³-hybridized carbons (Fsp3) is 0.333. The number of rotatable bonds is 3. The van der Waals surface area contributed by atoms with Crippen LogP contribution in [-0.2, 0) is 16.1 Å². The Bertz CT molecular complexity index is 454. The maximum Gasteiger partial charge on any atom is 0.239 e. The highest BCUT2D eigenvalue weighted by Crippen LogP contribution is 2.11. The molecule has 0 aliphatic carbocycles. The summed E-state index contributed by atoms with van der Waals surface area (Å²) >= 11 is 3.38. The summed E-state index contributed by atoms with van der Waals surface area (Å²) in [7, 11) is 0. The van der Waals surface area contributed by atoms with Crippen LogP contribution in [0.2, 0.25) is 0 Å². The lowest BCUT2D eigenvalue weighted by molar-refractivity contribution is -0.126. The van der Waals surface area contributed by atoms with Crippen LogP contribution in [0.25, 0.3) is 0 Å². The van der Waals surface area contributed by atoms with Gasteiger partial charge in [-0.3, -0.25) is 14.9 Å². The van der Waals surface area contributed by atoms with E-state index in [1.165, 1.54) is 0 Å². The Morgan fingerprint density at radius 1 is 1.50 bits per heavy atom. The second kappa shape index (κ2) is 5.97.